The SMILES string of the molecule is COc1cc(NS(=O)(=O)c2ccc(Br)cc2F)ccc1Br. The normalized spacial score (nSPS) is 11.2. The zero-order valence-electron chi connectivity index (χ0n) is 10.7. The fourth-order valence-electron chi connectivity index (χ4n) is 1.63. The van der Waals surface area contributed by atoms with Gasteiger partial charge >= 0.3 is 0 Å². The first kappa shape index (κ1) is 16.3. The molecule has 0 saturated heterocycles. The van der Waals surface area contributed by atoms with Gasteiger partial charge in [0.15, 0.2) is 0 Å². The Morgan fingerprint density at radius 1 is 1.14 bits per heavy atom. The Kier molecular flexibility index (Phi) is 4.90. The highest BCUT2D eigenvalue weighted by Crippen LogP contribution is 2.29. The van der Waals surface area contributed by atoms with Gasteiger partial charge in [-0.1, -0.05) is 15.9 Å². The summed E-state index contributed by atoms with van der Waals surface area (Å²) in [6.45, 7) is 0. The number of hydrogen-bond acceptors (Lipinski definition) is 3. The molecule has 2 aromatic rings. The van der Waals surface area contributed by atoms with Gasteiger partial charge in [-0.15, -0.1) is 0 Å². The molecule has 4 nitrogen and oxygen atoms in total. The Morgan fingerprint density at radius 3 is 2.48 bits per heavy atom. The molecule has 1 N–H and O–H groups in total. The fourth-order valence-corrected chi connectivity index (χ4v) is 3.48. The minimum atomic E-state index is -4.02. The van der Waals surface area contributed by atoms with Crippen LogP contribution in [0.5, 0.6) is 5.75 Å². The summed E-state index contributed by atoms with van der Waals surface area (Å²) in [5.41, 5.74) is 0.275. The molecule has 0 atom stereocenters. The summed E-state index contributed by atoms with van der Waals surface area (Å²) >= 11 is 6.35. The molecule has 2 aromatic carbocycles. The van der Waals surface area contributed by atoms with E-state index in [9.17, 15) is 12.8 Å². The van der Waals surface area contributed by atoms with Crippen LogP contribution in [0.15, 0.2) is 50.2 Å². The molecule has 0 fully saturated rings. The molecule has 0 spiro atoms. The van der Waals surface area contributed by atoms with Crippen LogP contribution in [0.2, 0.25) is 0 Å². The first-order valence-electron chi connectivity index (χ1n) is 5.65. The lowest BCUT2D eigenvalue weighted by Gasteiger charge is -2.11. The van der Waals surface area contributed by atoms with Crippen molar-refractivity contribution in [2.45, 2.75) is 4.90 Å². The van der Waals surface area contributed by atoms with Crippen LogP contribution in [0.3, 0.4) is 0 Å². The molecule has 8 heteroatoms. The number of halogens is 3. The van der Waals surface area contributed by atoms with Gasteiger partial charge in [0.1, 0.15) is 16.5 Å². The van der Waals surface area contributed by atoms with Gasteiger partial charge in [0, 0.05) is 10.5 Å². The summed E-state index contributed by atoms with van der Waals surface area (Å²) in [6, 6.07) is 8.42. The van der Waals surface area contributed by atoms with Crippen molar-refractivity contribution in [3.05, 3.63) is 51.2 Å². The molecular weight excluding hydrogens is 429 g/mol. The second kappa shape index (κ2) is 6.33. The highest BCUT2D eigenvalue weighted by atomic mass is 79.9. The predicted octanol–water partition coefficient (Wildman–Crippen LogP) is 4.16. The molecule has 0 radical (unpaired) electrons. The van der Waals surface area contributed by atoms with Gasteiger partial charge in [0.2, 0.25) is 0 Å². The molecule has 0 aromatic heterocycles. The molecule has 0 bridgehead atoms. The Morgan fingerprint density at radius 2 is 1.86 bits per heavy atom. The number of ether oxygens (including phenoxy) is 1. The summed E-state index contributed by atoms with van der Waals surface area (Å²) in [5, 5.41) is 0. The van der Waals surface area contributed by atoms with Gasteiger partial charge in [-0.3, -0.25) is 4.72 Å². The first-order valence-corrected chi connectivity index (χ1v) is 8.72. The van der Waals surface area contributed by atoms with E-state index in [1.807, 2.05) is 0 Å². The van der Waals surface area contributed by atoms with Gasteiger partial charge in [-0.25, -0.2) is 12.8 Å². The van der Waals surface area contributed by atoms with Crippen LogP contribution in [0.25, 0.3) is 0 Å². The number of nitrogens with one attached hydrogen (secondary N) is 1. The molecule has 112 valence electrons. The molecule has 0 aliphatic heterocycles. The van der Waals surface area contributed by atoms with Gasteiger partial charge in [0.05, 0.1) is 17.3 Å². The molecule has 0 amide bonds. The van der Waals surface area contributed by atoms with Gasteiger partial charge in [-0.2, -0.15) is 0 Å². The van der Waals surface area contributed by atoms with Crippen molar-refractivity contribution in [2.75, 3.05) is 11.8 Å². The average Bonchev–Trinajstić information content (AvgIpc) is 2.40. The van der Waals surface area contributed by atoms with E-state index >= 15 is 0 Å². The van der Waals surface area contributed by atoms with Gasteiger partial charge in [0.25, 0.3) is 10.0 Å². The summed E-state index contributed by atoms with van der Waals surface area (Å²) < 4.78 is 46.7. The van der Waals surface area contributed by atoms with Crippen LogP contribution in [-0.4, -0.2) is 15.5 Å². The lowest BCUT2D eigenvalue weighted by atomic mass is 10.3. The molecule has 2 rings (SSSR count). The third-order valence-electron chi connectivity index (χ3n) is 2.59. The van der Waals surface area contributed by atoms with E-state index in [1.165, 1.54) is 25.3 Å². The zero-order chi connectivity index (χ0) is 15.6. The minimum absolute atomic E-state index is 0.275. The number of hydrogen-bond donors (Lipinski definition) is 1. The van der Waals surface area contributed by atoms with Crippen molar-refractivity contribution in [3.8, 4) is 5.75 Å². The van der Waals surface area contributed by atoms with E-state index in [2.05, 4.69) is 36.6 Å². The lowest BCUT2D eigenvalue weighted by molar-refractivity contribution is 0.412. The van der Waals surface area contributed by atoms with Crippen LogP contribution in [-0.2, 0) is 10.0 Å². The Bertz CT molecular complexity index is 781. The first-order chi connectivity index (χ1) is 9.83. The maximum Gasteiger partial charge on any atom is 0.264 e. The molecule has 21 heavy (non-hydrogen) atoms. The Hall–Kier alpha value is -1.12. The zero-order valence-corrected chi connectivity index (χ0v) is 14.7. The minimum Gasteiger partial charge on any atom is -0.495 e. The van der Waals surface area contributed by atoms with E-state index in [1.54, 1.807) is 12.1 Å². The summed E-state index contributed by atoms with van der Waals surface area (Å²) in [6.07, 6.45) is 0. The predicted molar refractivity (Wildman–Crippen MR) is 85.6 cm³/mol. The van der Waals surface area contributed by atoms with Crippen LogP contribution in [0.4, 0.5) is 10.1 Å². The van der Waals surface area contributed by atoms with Crippen LogP contribution < -0.4 is 9.46 Å². The molecule has 0 heterocycles. The van der Waals surface area contributed by atoms with Crippen LogP contribution in [0, 0.1) is 5.82 Å². The van der Waals surface area contributed by atoms with E-state index < -0.39 is 20.7 Å². The maximum atomic E-state index is 13.8. The molecule has 0 aliphatic rings. The number of rotatable bonds is 4. The monoisotopic (exact) mass is 437 g/mol. The number of sulfonamides is 1. The third kappa shape index (κ3) is 3.75. The maximum absolute atomic E-state index is 13.8. The Labute approximate surface area is 138 Å². The van der Waals surface area contributed by atoms with Crippen molar-refractivity contribution in [2.24, 2.45) is 0 Å². The van der Waals surface area contributed by atoms with E-state index in [-0.39, 0.29) is 5.69 Å². The van der Waals surface area contributed by atoms with Crippen molar-refractivity contribution in [1.29, 1.82) is 0 Å². The highest BCUT2D eigenvalue weighted by Gasteiger charge is 2.19. The van der Waals surface area contributed by atoms with Crippen molar-refractivity contribution in [1.82, 2.24) is 0 Å². The van der Waals surface area contributed by atoms with Crippen LogP contribution in [0.1, 0.15) is 0 Å². The van der Waals surface area contributed by atoms with Crippen molar-refractivity contribution in [3.63, 3.8) is 0 Å². The standard InChI is InChI=1S/C13H10Br2FNO3S/c1-20-12-7-9(3-4-10(12)15)17-21(18,19)13-5-2-8(14)6-11(13)16/h2-7,17H,1H3. The van der Waals surface area contributed by atoms with E-state index in [4.69, 9.17) is 4.74 Å². The summed E-state index contributed by atoms with van der Waals surface area (Å²) in [5.74, 6) is -0.368. The topological polar surface area (TPSA) is 55.4 Å². The van der Waals surface area contributed by atoms with Gasteiger partial charge in [-0.05, 0) is 46.3 Å². The fraction of sp³-hybridized carbons (Fsp3) is 0.0769. The third-order valence-corrected chi connectivity index (χ3v) is 5.15. The molecule has 0 aliphatic carbocycles. The van der Waals surface area contributed by atoms with E-state index in [0.717, 1.165) is 6.07 Å². The molecular formula is C13H10Br2FNO3S. The number of benzene rings is 2. The second-order valence-corrected chi connectivity index (χ2v) is 7.45. The van der Waals surface area contributed by atoms with Crippen molar-refractivity contribution >= 4 is 47.6 Å². The quantitative estimate of drug-likeness (QED) is 0.779. The van der Waals surface area contributed by atoms with Crippen LogP contribution >= 0.6 is 31.9 Å². The van der Waals surface area contributed by atoms with E-state index in [0.29, 0.717) is 14.7 Å². The van der Waals surface area contributed by atoms with Crippen molar-refractivity contribution < 1.29 is 17.5 Å². The number of methoxy groups -OCH3 is 1. The highest BCUT2D eigenvalue weighted by molar-refractivity contribution is 9.10. The molecule has 0 unspecified atom stereocenters. The second-order valence-electron chi connectivity index (χ2n) is 4.03. The summed E-state index contributed by atoms with van der Waals surface area (Å²) in [4.78, 5) is -0.424. The Balaban J connectivity index is 2.37. The molecule has 0 saturated carbocycles. The largest absolute Gasteiger partial charge is 0.495 e. The summed E-state index contributed by atoms with van der Waals surface area (Å²) in [7, 11) is -2.55. The lowest BCUT2D eigenvalue weighted by Crippen LogP contribution is -2.14. The number of anilines is 1. The smallest absolute Gasteiger partial charge is 0.264 e. The van der Waals surface area contributed by atoms with Gasteiger partial charge < -0.3 is 4.74 Å². The average molecular weight is 439 g/mol.